The lowest BCUT2D eigenvalue weighted by Gasteiger charge is -2.09. The van der Waals surface area contributed by atoms with Crippen LogP contribution < -0.4 is 5.73 Å². The first-order valence-electron chi connectivity index (χ1n) is 6.30. The topological polar surface area (TPSA) is 62.7 Å². The fourth-order valence-corrected chi connectivity index (χ4v) is 3.59. The second-order valence-electron chi connectivity index (χ2n) is 4.54. The summed E-state index contributed by atoms with van der Waals surface area (Å²) in [4.78, 5) is 5.05. The standard InChI is InChI=1S/C16H9BrFN3S/c17-9-5-15(22-8-9)11-6-14(21-16(20)12(11)7-19)10-3-1-2-4-13(10)18/h1-6,8H,(H2,20,21). The first-order valence-corrected chi connectivity index (χ1v) is 7.97. The number of pyridine rings is 1. The highest BCUT2D eigenvalue weighted by Gasteiger charge is 2.16. The molecule has 0 spiro atoms. The predicted molar refractivity (Wildman–Crippen MR) is 89.8 cm³/mol. The predicted octanol–water partition coefficient (Wildman–Crippen LogP) is 4.83. The van der Waals surface area contributed by atoms with Gasteiger partial charge in [0.1, 0.15) is 23.3 Å². The number of nitrogens with two attached hydrogens (primary N) is 1. The van der Waals surface area contributed by atoms with Crippen molar-refractivity contribution in [3.8, 4) is 27.8 Å². The van der Waals surface area contributed by atoms with Crippen LogP contribution in [0, 0.1) is 17.1 Å². The van der Waals surface area contributed by atoms with E-state index in [0.29, 0.717) is 22.4 Å². The molecule has 22 heavy (non-hydrogen) atoms. The van der Waals surface area contributed by atoms with E-state index in [-0.39, 0.29) is 11.6 Å². The van der Waals surface area contributed by atoms with Crippen LogP contribution in [0.15, 0.2) is 46.3 Å². The number of thiophene rings is 1. The molecule has 2 aromatic heterocycles. The maximum Gasteiger partial charge on any atom is 0.142 e. The van der Waals surface area contributed by atoms with Crippen molar-refractivity contribution in [1.29, 1.82) is 5.26 Å². The second kappa shape index (κ2) is 5.87. The van der Waals surface area contributed by atoms with Gasteiger partial charge in [0.25, 0.3) is 0 Å². The number of benzene rings is 1. The van der Waals surface area contributed by atoms with Gasteiger partial charge in [-0.15, -0.1) is 11.3 Å². The molecule has 1 aromatic carbocycles. The van der Waals surface area contributed by atoms with Crippen molar-refractivity contribution >= 4 is 33.1 Å². The van der Waals surface area contributed by atoms with Gasteiger partial charge in [0.05, 0.1) is 5.69 Å². The summed E-state index contributed by atoms with van der Waals surface area (Å²) in [6.07, 6.45) is 0. The highest BCUT2D eigenvalue weighted by atomic mass is 79.9. The van der Waals surface area contributed by atoms with Crippen molar-refractivity contribution in [3.63, 3.8) is 0 Å². The fraction of sp³-hybridized carbons (Fsp3) is 0. The number of nitrogens with zero attached hydrogens (tertiary/aromatic N) is 2. The first kappa shape index (κ1) is 14.7. The maximum absolute atomic E-state index is 14.0. The van der Waals surface area contributed by atoms with Crippen LogP contribution in [0.25, 0.3) is 21.7 Å². The van der Waals surface area contributed by atoms with Crippen LogP contribution in [0.4, 0.5) is 10.2 Å². The van der Waals surface area contributed by atoms with Crippen LogP contribution >= 0.6 is 27.3 Å². The third-order valence-corrected chi connectivity index (χ3v) is 4.87. The summed E-state index contributed by atoms with van der Waals surface area (Å²) in [5.74, 6) is -0.278. The summed E-state index contributed by atoms with van der Waals surface area (Å²) < 4.78 is 14.9. The Morgan fingerprint density at radius 1 is 1.23 bits per heavy atom. The number of halogens is 2. The molecule has 6 heteroatoms. The lowest BCUT2D eigenvalue weighted by Crippen LogP contribution is -2.00. The van der Waals surface area contributed by atoms with E-state index in [1.807, 2.05) is 11.4 Å². The molecule has 0 aliphatic rings. The molecule has 0 atom stereocenters. The number of rotatable bonds is 2. The number of nitrogen functional groups attached to an aromatic ring is 1. The van der Waals surface area contributed by atoms with Gasteiger partial charge in [-0.1, -0.05) is 12.1 Å². The lowest BCUT2D eigenvalue weighted by atomic mass is 10.0. The Hall–Kier alpha value is -2.23. The largest absolute Gasteiger partial charge is 0.383 e. The summed E-state index contributed by atoms with van der Waals surface area (Å²) in [5, 5.41) is 11.2. The van der Waals surface area contributed by atoms with Gasteiger partial charge in [-0.2, -0.15) is 5.26 Å². The molecule has 0 aliphatic heterocycles. The Balaban J connectivity index is 2.26. The summed E-state index contributed by atoms with van der Waals surface area (Å²) >= 11 is 4.86. The van der Waals surface area contributed by atoms with Gasteiger partial charge in [0.15, 0.2) is 0 Å². The minimum Gasteiger partial charge on any atom is -0.383 e. The van der Waals surface area contributed by atoms with Crippen LogP contribution in [-0.4, -0.2) is 4.98 Å². The molecule has 0 saturated carbocycles. The van der Waals surface area contributed by atoms with E-state index < -0.39 is 0 Å². The Morgan fingerprint density at radius 3 is 2.64 bits per heavy atom. The molecule has 0 bridgehead atoms. The molecule has 3 rings (SSSR count). The van der Waals surface area contributed by atoms with E-state index in [4.69, 9.17) is 5.73 Å². The quantitative estimate of drug-likeness (QED) is 0.699. The molecule has 2 N–H and O–H groups in total. The number of anilines is 1. The molecule has 2 heterocycles. The smallest absolute Gasteiger partial charge is 0.142 e. The van der Waals surface area contributed by atoms with Crippen LogP contribution in [0.3, 0.4) is 0 Å². The number of hydrogen-bond donors (Lipinski definition) is 1. The Kier molecular flexibility index (Phi) is 3.92. The van der Waals surface area contributed by atoms with E-state index in [9.17, 15) is 9.65 Å². The molecule has 0 saturated heterocycles. The second-order valence-corrected chi connectivity index (χ2v) is 6.36. The van der Waals surface area contributed by atoms with Gasteiger partial charge >= 0.3 is 0 Å². The van der Waals surface area contributed by atoms with Crippen LogP contribution in [-0.2, 0) is 0 Å². The summed E-state index contributed by atoms with van der Waals surface area (Å²) in [6.45, 7) is 0. The van der Waals surface area contributed by atoms with Gasteiger partial charge in [-0.05, 0) is 40.2 Å². The highest BCUT2D eigenvalue weighted by molar-refractivity contribution is 9.10. The average Bonchev–Trinajstić information content (AvgIpc) is 2.93. The first-order chi connectivity index (χ1) is 10.6. The zero-order valence-electron chi connectivity index (χ0n) is 11.2. The number of hydrogen-bond acceptors (Lipinski definition) is 4. The molecule has 0 unspecified atom stereocenters. The van der Waals surface area contributed by atoms with Crippen LogP contribution in [0.1, 0.15) is 5.56 Å². The third-order valence-electron chi connectivity index (χ3n) is 3.14. The summed E-state index contributed by atoms with van der Waals surface area (Å²) in [7, 11) is 0. The van der Waals surface area contributed by atoms with E-state index in [1.54, 1.807) is 24.3 Å². The molecule has 0 amide bonds. The molecular weight excluding hydrogens is 365 g/mol. The van der Waals surface area contributed by atoms with Crippen LogP contribution in [0.5, 0.6) is 0 Å². The summed E-state index contributed by atoms with van der Waals surface area (Å²) in [6, 6.07) is 12.0. The van der Waals surface area contributed by atoms with Crippen molar-refractivity contribution in [2.24, 2.45) is 0 Å². The van der Waals surface area contributed by atoms with E-state index in [0.717, 1.165) is 9.35 Å². The van der Waals surface area contributed by atoms with Crippen molar-refractivity contribution < 1.29 is 4.39 Å². The van der Waals surface area contributed by atoms with Crippen molar-refractivity contribution in [3.05, 3.63) is 57.6 Å². The molecule has 108 valence electrons. The zero-order valence-corrected chi connectivity index (χ0v) is 13.6. The van der Waals surface area contributed by atoms with Gasteiger partial charge < -0.3 is 5.73 Å². The number of aromatic nitrogens is 1. The van der Waals surface area contributed by atoms with Crippen molar-refractivity contribution in [1.82, 2.24) is 4.98 Å². The third kappa shape index (κ3) is 2.61. The molecule has 0 radical (unpaired) electrons. The Labute approximate surface area is 139 Å². The minimum atomic E-state index is -0.377. The van der Waals surface area contributed by atoms with E-state index >= 15 is 0 Å². The summed E-state index contributed by atoms with van der Waals surface area (Å²) in [5.41, 5.74) is 7.63. The minimum absolute atomic E-state index is 0.0998. The normalized spacial score (nSPS) is 10.4. The zero-order chi connectivity index (χ0) is 15.7. The van der Waals surface area contributed by atoms with Crippen molar-refractivity contribution in [2.75, 3.05) is 5.73 Å². The Morgan fingerprint density at radius 2 is 2.00 bits per heavy atom. The highest BCUT2D eigenvalue weighted by Crippen LogP contribution is 2.36. The Bertz CT molecular complexity index is 899. The molecule has 0 fully saturated rings. The fourth-order valence-electron chi connectivity index (χ4n) is 2.14. The van der Waals surface area contributed by atoms with E-state index in [2.05, 4.69) is 27.0 Å². The average molecular weight is 374 g/mol. The van der Waals surface area contributed by atoms with Gasteiger partial charge in [-0.25, -0.2) is 9.37 Å². The van der Waals surface area contributed by atoms with E-state index in [1.165, 1.54) is 17.4 Å². The molecule has 3 nitrogen and oxygen atoms in total. The van der Waals surface area contributed by atoms with Gasteiger partial charge in [-0.3, -0.25) is 0 Å². The molecule has 3 aromatic rings. The van der Waals surface area contributed by atoms with Gasteiger partial charge in [0.2, 0.25) is 0 Å². The maximum atomic E-state index is 14.0. The lowest BCUT2D eigenvalue weighted by molar-refractivity contribution is 0.631. The molecule has 0 aliphatic carbocycles. The van der Waals surface area contributed by atoms with Crippen LogP contribution in [0.2, 0.25) is 0 Å². The SMILES string of the molecule is N#Cc1c(-c2cc(Br)cs2)cc(-c2ccccc2F)nc1N. The monoisotopic (exact) mass is 373 g/mol. The number of nitriles is 1. The molecular formula is C16H9BrFN3S. The van der Waals surface area contributed by atoms with Gasteiger partial charge in [0, 0.05) is 25.9 Å². The van der Waals surface area contributed by atoms with Crippen molar-refractivity contribution in [2.45, 2.75) is 0 Å².